The van der Waals surface area contributed by atoms with Gasteiger partial charge < -0.3 is 14.4 Å². The minimum absolute atomic E-state index is 0.0171. The minimum atomic E-state index is -0.0171. The van der Waals surface area contributed by atoms with Crippen LogP contribution in [0.4, 0.5) is 0 Å². The second-order valence-corrected chi connectivity index (χ2v) is 5.23. The van der Waals surface area contributed by atoms with Crippen molar-refractivity contribution in [2.24, 2.45) is 5.92 Å². The highest BCUT2D eigenvalue weighted by molar-refractivity contribution is 5.06. The Morgan fingerprint density at radius 2 is 2.06 bits per heavy atom. The highest BCUT2D eigenvalue weighted by atomic mass is 16.4. The molecule has 1 aliphatic heterocycles. The average Bonchev–Trinajstić information content (AvgIpc) is 2.85. The van der Waals surface area contributed by atoms with Gasteiger partial charge in [-0.1, -0.05) is 6.92 Å². The summed E-state index contributed by atoms with van der Waals surface area (Å²) < 4.78 is 5.52. The van der Waals surface area contributed by atoms with Crippen LogP contribution in [0.3, 0.4) is 0 Å². The summed E-state index contributed by atoms with van der Waals surface area (Å²) in [6, 6.07) is 4.43. The van der Waals surface area contributed by atoms with E-state index in [0.29, 0.717) is 17.7 Å². The monoisotopic (exact) mass is 238 g/mol. The van der Waals surface area contributed by atoms with E-state index in [1.165, 1.54) is 0 Å². The topological polar surface area (TPSA) is 39.9 Å². The molecular weight excluding hydrogens is 216 g/mol. The van der Waals surface area contributed by atoms with Crippen LogP contribution in [0.15, 0.2) is 16.5 Å². The molecule has 0 aliphatic carbocycles. The Morgan fingerprint density at radius 3 is 2.59 bits per heavy atom. The maximum atomic E-state index is 8.95. The number of aliphatic hydroxyl groups excluding tert-OH is 1. The third kappa shape index (κ3) is 2.89. The lowest BCUT2D eigenvalue weighted by Gasteiger charge is -2.22. The van der Waals surface area contributed by atoms with Crippen LogP contribution in [0.5, 0.6) is 0 Å². The van der Waals surface area contributed by atoms with E-state index < -0.39 is 0 Å². The summed E-state index contributed by atoms with van der Waals surface area (Å²) in [5.41, 5.74) is 0. The van der Waals surface area contributed by atoms with Gasteiger partial charge >= 0.3 is 0 Å². The standard InChI is InChI=1S/C13H22N2O2/c1-10-6-15(8-13(10)14(2)3)7-11-4-5-12(9-16)17-11/h4-5,10,13,16H,6-9H2,1-3H3. The summed E-state index contributed by atoms with van der Waals surface area (Å²) >= 11 is 0. The summed E-state index contributed by atoms with van der Waals surface area (Å²) in [5.74, 6) is 2.29. The zero-order chi connectivity index (χ0) is 12.4. The van der Waals surface area contributed by atoms with Crippen molar-refractivity contribution < 1.29 is 9.52 Å². The molecule has 1 aromatic heterocycles. The molecule has 1 aromatic rings. The highest BCUT2D eigenvalue weighted by Gasteiger charge is 2.31. The van der Waals surface area contributed by atoms with Crippen molar-refractivity contribution in [1.82, 2.24) is 9.80 Å². The van der Waals surface area contributed by atoms with Gasteiger partial charge in [0, 0.05) is 19.1 Å². The van der Waals surface area contributed by atoms with Crippen LogP contribution in [0, 0.1) is 5.92 Å². The number of rotatable bonds is 4. The third-order valence-electron chi connectivity index (χ3n) is 3.56. The smallest absolute Gasteiger partial charge is 0.129 e. The average molecular weight is 238 g/mol. The predicted octanol–water partition coefficient (Wildman–Crippen LogP) is 1.15. The molecule has 1 fully saturated rings. The van der Waals surface area contributed by atoms with E-state index in [4.69, 9.17) is 9.52 Å². The van der Waals surface area contributed by atoms with E-state index in [9.17, 15) is 0 Å². The number of likely N-dealkylation sites (tertiary alicyclic amines) is 1. The first-order chi connectivity index (χ1) is 8.10. The van der Waals surface area contributed by atoms with E-state index in [0.717, 1.165) is 25.4 Å². The molecule has 1 N–H and O–H groups in total. The van der Waals surface area contributed by atoms with Gasteiger partial charge in [-0.3, -0.25) is 4.90 Å². The van der Waals surface area contributed by atoms with Gasteiger partial charge in [-0.2, -0.15) is 0 Å². The van der Waals surface area contributed by atoms with Crippen LogP contribution < -0.4 is 0 Å². The molecule has 0 radical (unpaired) electrons. The summed E-state index contributed by atoms with van der Waals surface area (Å²) in [5, 5.41) is 8.95. The molecule has 1 saturated heterocycles. The van der Waals surface area contributed by atoms with Crippen molar-refractivity contribution in [2.45, 2.75) is 26.1 Å². The van der Waals surface area contributed by atoms with Gasteiger partial charge in [0.25, 0.3) is 0 Å². The van der Waals surface area contributed by atoms with Crippen molar-refractivity contribution in [3.63, 3.8) is 0 Å². The largest absolute Gasteiger partial charge is 0.462 e. The third-order valence-corrected chi connectivity index (χ3v) is 3.56. The molecule has 0 amide bonds. The first-order valence-corrected chi connectivity index (χ1v) is 6.17. The number of aliphatic hydroxyl groups is 1. The molecule has 0 aromatic carbocycles. The SMILES string of the molecule is CC1CN(Cc2ccc(CO)o2)CC1N(C)C. The summed E-state index contributed by atoms with van der Waals surface area (Å²) in [4.78, 5) is 4.71. The van der Waals surface area contributed by atoms with Crippen LogP contribution in [-0.4, -0.2) is 48.1 Å². The molecule has 4 heteroatoms. The molecule has 2 unspecified atom stereocenters. The van der Waals surface area contributed by atoms with Gasteiger partial charge in [0.15, 0.2) is 0 Å². The van der Waals surface area contributed by atoms with Crippen LogP contribution in [0.25, 0.3) is 0 Å². The van der Waals surface area contributed by atoms with Crippen molar-refractivity contribution in [2.75, 3.05) is 27.2 Å². The van der Waals surface area contributed by atoms with E-state index in [-0.39, 0.29) is 6.61 Å². The molecule has 0 saturated carbocycles. The Morgan fingerprint density at radius 1 is 1.35 bits per heavy atom. The predicted molar refractivity (Wildman–Crippen MR) is 66.5 cm³/mol. The van der Waals surface area contributed by atoms with Crippen molar-refractivity contribution in [1.29, 1.82) is 0 Å². The van der Waals surface area contributed by atoms with E-state index >= 15 is 0 Å². The van der Waals surface area contributed by atoms with Crippen LogP contribution in [-0.2, 0) is 13.2 Å². The first kappa shape index (κ1) is 12.6. The molecule has 0 spiro atoms. The number of hydrogen-bond donors (Lipinski definition) is 1. The Balaban J connectivity index is 1.92. The fourth-order valence-electron chi connectivity index (χ4n) is 2.66. The molecule has 2 heterocycles. The number of hydrogen-bond acceptors (Lipinski definition) is 4. The zero-order valence-corrected chi connectivity index (χ0v) is 10.9. The van der Waals surface area contributed by atoms with Crippen LogP contribution in [0.2, 0.25) is 0 Å². The van der Waals surface area contributed by atoms with Crippen LogP contribution >= 0.6 is 0 Å². The number of nitrogens with zero attached hydrogens (tertiary/aromatic N) is 2. The highest BCUT2D eigenvalue weighted by Crippen LogP contribution is 2.22. The molecule has 0 bridgehead atoms. The fraction of sp³-hybridized carbons (Fsp3) is 0.692. The van der Waals surface area contributed by atoms with Gasteiger partial charge in [0.05, 0.1) is 6.54 Å². The second kappa shape index (κ2) is 5.21. The maximum absolute atomic E-state index is 8.95. The normalized spacial score (nSPS) is 25.9. The van der Waals surface area contributed by atoms with Gasteiger partial charge in [0.2, 0.25) is 0 Å². The van der Waals surface area contributed by atoms with Crippen molar-refractivity contribution in [3.8, 4) is 0 Å². The molecular formula is C13H22N2O2. The Labute approximate surface area is 103 Å². The minimum Gasteiger partial charge on any atom is -0.462 e. The van der Waals surface area contributed by atoms with Crippen molar-refractivity contribution >= 4 is 0 Å². The second-order valence-electron chi connectivity index (χ2n) is 5.23. The Bertz CT molecular complexity index is 362. The quantitative estimate of drug-likeness (QED) is 0.854. The number of likely N-dealkylation sites (N-methyl/N-ethyl adjacent to an activating group) is 1. The Kier molecular flexibility index (Phi) is 3.86. The Hall–Kier alpha value is -0.840. The molecule has 1 aliphatic rings. The van der Waals surface area contributed by atoms with E-state index in [1.807, 2.05) is 12.1 Å². The summed E-state index contributed by atoms with van der Waals surface area (Å²) in [6.07, 6.45) is 0. The maximum Gasteiger partial charge on any atom is 0.129 e. The molecule has 96 valence electrons. The fourth-order valence-corrected chi connectivity index (χ4v) is 2.66. The molecule has 2 atom stereocenters. The summed E-state index contributed by atoms with van der Waals surface area (Å²) in [7, 11) is 4.28. The molecule has 17 heavy (non-hydrogen) atoms. The lowest BCUT2D eigenvalue weighted by Crippen LogP contribution is -2.34. The molecule has 2 rings (SSSR count). The van der Waals surface area contributed by atoms with Gasteiger partial charge in [-0.05, 0) is 32.1 Å². The summed E-state index contributed by atoms with van der Waals surface area (Å²) in [6.45, 7) is 5.32. The van der Waals surface area contributed by atoms with Gasteiger partial charge in [-0.15, -0.1) is 0 Å². The number of furan rings is 1. The lowest BCUT2D eigenvalue weighted by atomic mass is 10.1. The van der Waals surface area contributed by atoms with Crippen LogP contribution in [0.1, 0.15) is 18.4 Å². The van der Waals surface area contributed by atoms with Gasteiger partial charge in [-0.25, -0.2) is 0 Å². The van der Waals surface area contributed by atoms with E-state index in [1.54, 1.807) is 0 Å². The first-order valence-electron chi connectivity index (χ1n) is 6.17. The van der Waals surface area contributed by atoms with Crippen molar-refractivity contribution in [3.05, 3.63) is 23.7 Å². The van der Waals surface area contributed by atoms with Gasteiger partial charge in [0.1, 0.15) is 18.1 Å². The molecule has 4 nitrogen and oxygen atoms in total. The zero-order valence-electron chi connectivity index (χ0n) is 10.9. The lowest BCUT2D eigenvalue weighted by molar-refractivity contribution is 0.225. The van der Waals surface area contributed by atoms with E-state index in [2.05, 4.69) is 30.8 Å².